The topological polar surface area (TPSA) is 120 Å². The molecule has 1 aliphatic carbocycles. The second kappa shape index (κ2) is 15.8. The number of carbonyl (C=O) groups excluding carboxylic acids is 3. The number of carbonyl (C=O) groups is 3. The van der Waals surface area contributed by atoms with Gasteiger partial charge in [-0.25, -0.2) is 0 Å². The molecule has 3 saturated heterocycles. The van der Waals surface area contributed by atoms with E-state index >= 15 is 0 Å². The van der Waals surface area contributed by atoms with E-state index in [1.165, 1.54) is 6.42 Å². The van der Waals surface area contributed by atoms with Crippen molar-refractivity contribution < 1.29 is 42.1 Å². The average molecular weight is 729 g/mol. The Hall–Kier alpha value is -3.52. The van der Waals surface area contributed by atoms with Crippen LogP contribution in [0.1, 0.15) is 108 Å². The van der Waals surface area contributed by atoms with Gasteiger partial charge in [-0.2, -0.15) is 13.2 Å². The molecule has 2 aromatic carbocycles. The third-order valence-electron chi connectivity index (χ3n) is 10.8. The van der Waals surface area contributed by atoms with E-state index in [0.29, 0.717) is 41.5 Å². The second-order valence-corrected chi connectivity index (χ2v) is 15.8. The molecule has 4 fully saturated rings. The number of benzene rings is 2. The third kappa shape index (κ3) is 8.98. The van der Waals surface area contributed by atoms with Crippen molar-refractivity contribution in [3.63, 3.8) is 0 Å². The van der Waals surface area contributed by atoms with E-state index < -0.39 is 30.3 Å². The summed E-state index contributed by atoms with van der Waals surface area (Å²) in [5.41, 5.74) is 2.25. The Morgan fingerprint density at radius 2 is 1.62 bits per heavy atom. The van der Waals surface area contributed by atoms with E-state index in [1.54, 1.807) is 24.3 Å². The largest absolute Gasteiger partial charge is 0.471 e. The van der Waals surface area contributed by atoms with E-state index in [4.69, 9.17) is 9.47 Å². The number of halogens is 3. The molecule has 4 aliphatic rings. The number of ether oxygens (including phenoxy) is 2. The molecule has 10 nitrogen and oxygen atoms in total. The minimum atomic E-state index is -5.06. The van der Waals surface area contributed by atoms with Crippen LogP contribution in [0.4, 0.5) is 18.9 Å². The van der Waals surface area contributed by atoms with Crippen molar-refractivity contribution in [1.29, 1.82) is 0 Å². The number of rotatable bonds is 8. The SMILES string of the molecule is CC(C)(C)NC(=O)C1CCC2CCCCC2N1CC1CC(c2ccc(CO)cc2)OC(c2cccc(NC(=O)C3CCCN3C(=O)C(F)(F)F)c2)O1. The number of likely N-dealkylation sites (tertiary alicyclic amines) is 2. The molecule has 0 spiro atoms. The lowest BCUT2D eigenvalue weighted by Crippen LogP contribution is -2.61. The predicted octanol–water partition coefficient (Wildman–Crippen LogP) is 6.15. The van der Waals surface area contributed by atoms with Crippen molar-refractivity contribution in [3.8, 4) is 0 Å². The number of nitrogens with one attached hydrogen (secondary N) is 2. The number of hydrogen-bond donors (Lipinski definition) is 3. The number of aliphatic hydroxyl groups excluding tert-OH is 1. The standard InChI is InChI=1S/C39H51F3N4O6/c1-38(2,3)44-35(49)32-18-17-25-8-4-5-11-30(25)46(32)22-29-21-33(26-15-13-24(23-47)14-16-26)52-36(51-29)27-9-6-10-28(20-27)43-34(48)31-12-7-19-45(31)37(50)39(40,41)42/h6,9-10,13-16,20,25,29-33,36,47H,4-5,7-8,11-12,17-19,21-23H2,1-3H3,(H,43,48)(H,44,49). The minimum Gasteiger partial charge on any atom is -0.392 e. The number of anilines is 1. The molecule has 3 heterocycles. The van der Waals surface area contributed by atoms with Crippen LogP contribution in [0.2, 0.25) is 0 Å². The molecule has 284 valence electrons. The van der Waals surface area contributed by atoms with Gasteiger partial charge in [0.1, 0.15) is 6.04 Å². The average Bonchev–Trinajstić information content (AvgIpc) is 3.60. The summed E-state index contributed by atoms with van der Waals surface area (Å²) < 4.78 is 52.9. The molecule has 1 saturated carbocycles. The van der Waals surface area contributed by atoms with E-state index in [1.807, 2.05) is 45.0 Å². The predicted molar refractivity (Wildman–Crippen MR) is 188 cm³/mol. The molecular formula is C39H51F3N4O6. The maximum atomic E-state index is 13.7. The first kappa shape index (κ1) is 38.2. The van der Waals surface area contributed by atoms with Gasteiger partial charge in [-0.1, -0.05) is 49.2 Å². The van der Waals surface area contributed by atoms with Crippen molar-refractivity contribution in [2.24, 2.45) is 5.92 Å². The Morgan fingerprint density at radius 1 is 0.865 bits per heavy atom. The highest BCUT2D eigenvalue weighted by molar-refractivity contribution is 5.98. The zero-order valence-corrected chi connectivity index (χ0v) is 30.2. The molecule has 6 rings (SSSR count). The molecule has 7 atom stereocenters. The highest BCUT2D eigenvalue weighted by atomic mass is 19.4. The number of hydrogen-bond acceptors (Lipinski definition) is 7. The van der Waals surface area contributed by atoms with Gasteiger partial charge in [0.25, 0.3) is 0 Å². The van der Waals surface area contributed by atoms with Crippen LogP contribution in [0.3, 0.4) is 0 Å². The van der Waals surface area contributed by atoms with Crippen LogP contribution in [-0.4, -0.2) is 81.7 Å². The molecule has 0 bridgehead atoms. The Bertz CT molecular complexity index is 1580. The Kier molecular flexibility index (Phi) is 11.6. The third-order valence-corrected chi connectivity index (χ3v) is 10.8. The Balaban J connectivity index is 1.25. The van der Waals surface area contributed by atoms with Gasteiger partial charge in [0.05, 0.1) is 24.9 Å². The quantitative estimate of drug-likeness (QED) is 0.298. The van der Waals surface area contributed by atoms with Crippen molar-refractivity contribution in [3.05, 3.63) is 65.2 Å². The van der Waals surface area contributed by atoms with Crippen molar-refractivity contribution in [1.82, 2.24) is 15.1 Å². The molecule has 0 aromatic heterocycles. The lowest BCUT2D eigenvalue weighted by Gasteiger charge is -2.50. The second-order valence-electron chi connectivity index (χ2n) is 15.8. The van der Waals surface area contributed by atoms with Crippen LogP contribution < -0.4 is 10.6 Å². The summed E-state index contributed by atoms with van der Waals surface area (Å²) in [6.45, 7) is 6.26. The number of aliphatic hydroxyl groups is 1. The van der Waals surface area contributed by atoms with Gasteiger partial charge >= 0.3 is 12.1 Å². The number of fused-ring (bicyclic) bond motifs is 1. The van der Waals surface area contributed by atoms with Gasteiger partial charge in [0.2, 0.25) is 11.8 Å². The molecule has 3 aliphatic heterocycles. The van der Waals surface area contributed by atoms with Crippen LogP contribution in [0, 0.1) is 5.92 Å². The Morgan fingerprint density at radius 3 is 2.33 bits per heavy atom. The lowest BCUT2D eigenvalue weighted by atomic mass is 9.75. The summed E-state index contributed by atoms with van der Waals surface area (Å²) in [6, 6.07) is 13.2. The molecule has 52 heavy (non-hydrogen) atoms. The first-order valence-electron chi connectivity index (χ1n) is 18.6. The number of piperidine rings is 1. The normalized spacial score (nSPS) is 28.6. The molecule has 7 unspecified atom stereocenters. The highest BCUT2D eigenvalue weighted by Crippen LogP contribution is 2.42. The highest BCUT2D eigenvalue weighted by Gasteiger charge is 2.48. The first-order valence-corrected chi connectivity index (χ1v) is 18.6. The van der Waals surface area contributed by atoms with Crippen molar-refractivity contribution in [2.45, 2.75) is 134 Å². The minimum absolute atomic E-state index is 0.0254. The van der Waals surface area contributed by atoms with E-state index in [0.717, 1.165) is 43.2 Å². The maximum absolute atomic E-state index is 13.7. The van der Waals surface area contributed by atoms with Crippen molar-refractivity contribution in [2.75, 3.05) is 18.4 Å². The maximum Gasteiger partial charge on any atom is 0.471 e. The molecular weight excluding hydrogens is 677 g/mol. The zero-order valence-electron chi connectivity index (χ0n) is 30.2. The smallest absolute Gasteiger partial charge is 0.392 e. The van der Waals surface area contributed by atoms with E-state index in [-0.39, 0.29) is 55.3 Å². The number of nitrogens with zero attached hydrogens (tertiary/aromatic N) is 2. The molecule has 13 heteroatoms. The van der Waals surface area contributed by atoms with Crippen LogP contribution in [0.25, 0.3) is 0 Å². The Labute approximate surface area is 303 Å². The van der Waals surface area contributed by atoms with Crippen molar-refractivity contribution >= 4 is 23.4 Å². The van der Waals surface area contributed by atoms with Gasteiger partial charge in [-0.15, -0.1) is 0 Å². The summed E-state index contributed by atoms with van der Waals surface area (Å²) in [5.74, 6) is -2.16. The van der Waals surface area contributed by atoms with Crippen LogP contribution in [-0.2, 0) is 30.5 Å². The van der Waals surface area contributed by atoms with Gasteiger partial charge in [-0.05, 0) is 88.5 Å². The molecule has 2 aromatic rings. The fourth-order valence-corrected chi connectivity index (χ4v) is 8.43. The van der Waals surface area contributed by atoms with E-state index in [9.17, 15) is 32.7 Å². The first-order chi connectivity index (χ1) is 24.7. The van der Waals surface area contributed by atoms with Crippen LogP contribution in [0.15, 0.2) is 48.5 Å². The molecule has 3 N–H and O–H groups in total. The van der Waals surface area contributed by atoms with Crippen LogP contribution >= 0.6 is 0 Å². The van der Waals surface area contributed by atoms with Crippen LogP contribution in [0.5, 0.6) is 0 Å². The fraction of sp³-hybridized carbons (Fsp3) is 0.615. The lowest BCUT2D eigenvalue weighted by molar-refractivity contribution is -0.255. The fourth-order valence-electron chi connectivity index (χ4n) is 8.43. The molecule has 3 amide bonds. The van der Waals surface area contributed by atoms with Gasteiger partial charge < -0.3 is 30.1 Å². The summed E-state index contributed by atoms with van der Waals surface area (Å²) in [6.07, 6.45) is 0.588. The molecule has 0 radical (unpaired) electrons. The summed E-state index contributed by atoms with van der Waals surface area (Å²) in [4.78, 5) is 41.9. The van der Waals surface area contributed by atoms with Gasteiger partial charge in [0.15, 0.2) is 6.29 Å². The summed E-state index contributed by atoms with van der Waals surface area (Å²) in [5, 5.41) is 15.6. The summed E-state index contributed by atoms with van der Waals surface area (Å²) >= 11 is 0. The zero-order chi connectivity index (χ0) is 37.2. The number of amides is 3. The number of alkyl halides is 3. The summed E-state index contributed by atoms with van der Waals surface area (Å²) in [7, 11) is 0. The van der Waals surface area contributed by atoms with Gasteiger partial charge in [-0.3, -0.25) is 19.3 Å². The van der Waals surface area contributed by atoms with E-state index in [2.05, 4.69) is 15.5 Å². The monoisotopic (exact) mass is 728 g/mol. The van der Waals surface area contributed by atoms with Gasteiger partial charge in [0, 0.05) is 42.3 Å².